The van der Waals surface area contributed by atoms with E-state index in [-0.39, 0.29) is 12.0 Å². The highest BCUT2D eigenvalue weighted by molar-refractivity contribution is 9.10. The number of nitrogens with zero attached hydrogens (tertiary/aromatic N) is 1. The van der Waals surface area contributed by atoms with Crippen LogP contribution in [-0.4, -0.2) is 30.0 Å². The second-order valence-electron chi connectivity index (χ2n) is 4.13. The fourth-order valence-electron chi connectivity index (χ4n) is 2.04. The van der Waals surface area contributed by atoms with E-state index >= 15 is 0 Å². The van der Waals surface area contributed by atoms with E-state index in [2.05, 4.69) is 15.9 Å². The Labute approximate surface area is 109 Å². The number of hydrogen-bond acceptors (Lipinski definition) is 3. The lowest BCUT2D eigenvalue weighted by Crippen LogP contribution is -2.44. The summed E-state index contributed by atoms with van der Waals surface area (Å²) in [5, 5.41) is 0. The van der Waals surface area contributed by atoms with E-state index in [1.54, 1.807) is 4.90 Å². The van der Waals surface area contributed by atoms with Gasteiger partial charge in [0.15, 0.2) is 0 Å². The molecule has 1 heterocycles. The van der Waals surface area contributed by atoms with Crippen molar-refractivity contribution < 1.29 is 9.63 Å². The summed E-state index contributed by atoms with van der Waals surface area (Å²) in [6.07, 6.45) is 1.80. The molecule has 17 heavy (non-hydrogen) atoms. The van der Waals surface area contributed by atoms with Gasteiger partial charge in [0.2, 0.25) is 0 Å². The lowest BCUT2D eigenvalue weighted by molar-refractivity contribution is 0.000935. The van der Waals surface area contributed by atoms with Gasteiger partial charge in [-0.3, -0.25) is 9.63 Å². The molecule has 92 valence electrons. The fraction of sp³-hybridized carbons (Fsp3) is 0.417. The van der Waals surface area contributed by atoms with Gasteiger partial charge in [-0.05, 0) is 40.9 Å². The summed E-state index contributed by atoms with van der Waals surface area (Å²) < 4.78 is 0.820. The molecule has 1 fully saturated rings. The van der Waals surface area contributed by atoms with Crippen LogP contribution in [0.2, 0.25) is 0 Å². The molecule has 0 saturated carbocycles. The van der Waals surface area contributed by atoms with E-state index in [1.807, 2.05) is 24.3 Å². The number of carbonyl (C=O) groups is 1. The minimum Gasteiger partial charge on any atom is -0.336 e. The summed E-state index contributed by atoms with van der Waals surface area (Å²) in [7, 11) is 0. The summed E-state index contributed by atoms with van der Waals surface area (Å²) in [6.45, 7) is 1.33. The van der Waals surface area contributed by atoms with Gasteiger partial charge in [-0.1, -0.05) is 12.1 Å². The predicted molar refractivity (Wildman–Crippen MR) is 68.3 cm³/mol. The molecule has 1 aromatic rings. The number of likely N-dealkylation sites (tertiary alicyclic amines) is 1. The molecule has 0 radical (unpaired) electrons. The normalized spacial score (nSPS) is 20.4. The Bertz CT molecular complexity index is 411. The van der Waals surface area contributed by atoms with Gasteiger partial charge in [-0.25, -0.2) is 5.90 Å². The van der Waals surface area contributed by atoms with Crippen LogP contribution in [0.5, 0.6) is 0 Å². The zero-order valence-electron chi connectivity index (χ0n) is 9.43. The Hall–Kier alpha value is -0.910. The molecule has 0 bridgehead atoms. The molecule has 1 aliphatic heterocycles. The van der Waals surface area contributed by atoms with Crippen molar-refractivity contribution in [2.45, 2.75) is 18.9 Å². The number of rotatable bonds is 2. The molecule has 2 N–H and O–H groups in total. The average molecular weight is 299 g/mol. The van der Waals surface area contributed by atoms with Crippen LogP contribution in [0.1, 0.15) is 23.2 Å². The van der Waals surface area contributed by atoms with Crippen LogP contribution in [-0.2, 0) is 4.84 Å². The van der Waals surface area contributed by atoms with Gasteiger partial charge in [0.05, 0.1) is 11.7 Å². The third-order valence-electron chi connectivity index (χ3n) is 2.96. The van der Waals surface area contributed by atoms with E-state index in [0.29, 0.717) is 12.1 Å². The average Bonchev–Trinajstić information content (AvgIpc) is 2.38. The van der Waals surface area contributed by atoms with E-state index in [9.17, 15) is 4.79 Å². The highest BCUT2D eigenvalue weighted by Crippen LogP contribution is 2.20. The summed E-state index contributed by atoms with van der Waals surface area (Å²) in [6, 6.07) is 7.44. The highest BCUT2D eigenvalue weighted by atomic mass is 79.9. The van der Waals surface area contributed by atoms with Crippen molar-refractivity contribution in [3.8, 4) is 0 Å². The standard InChI is InChI=1S/C12H15BrN2O2/c13-11-6-2-1-5-10(11)12(16)15-7-3-4-9(8-15)17-14/h1-2,5-6,9H,3-4,7-8,14H2. The molecule has 0 aromatic heterocycles. The molecular weight excluding hydrogens is 284 g/mol. The van der Waals surface area contributed by atoms with E-state index in [0.717, 1.165) is 23.9 Å². The maximum atomic E-state index is 12.3. The van der Waals surface area contributed by atoms with Gasteiger partial charge < -0.3 is 4.90 Å². The van der Waals surface area contributed by atoms with Crippen LogP contribution in [0, 0.1) is 0 Å². The Balaban J connectivity index is 2.12. The largest absolute Gasteiger partial charge is 0.336 e. The summed E-state index contributed by atoms with van der Waals surface area (Å²) in [5.74, 6) is 5.21. The third-order valence-corrected chi connectivity index (χ3v) is 3.65. The van der Waals surface area contributed by atoms with Crippen molar-refractivity contribution in [2.24, 2.45) is 5.90 Å². The molecule has 2 rings (SSSR count). The van der Waals surface area contributed by atoms with Crippen LogP contribution < -0.4 is 5.90 Å². The number of nitrogens with two attached hydrogens (primary N) is 1. The number of amides is 1. The monoisotopic (exact) mass is 298 g/mol. The maximum absolute atomic E-state index is 12.3. The van der Waals surface area contributed by atoms with Crippen LogP contribution in [0.25, 0.3) is 0 Å². The van der Waals surface area contributed by atoms with E-state index in [4.69, 9.17) is 10.7 Å². The minimum atomic E-state index is -0.0461. The maximum Gasteiger partial charge on any atom is 0.255 e. The van der Waals surface area contributed by atoms with Crippen LogP contribution in [0.15, 0.2) is 28.7 Å². The Morgan fingerprint density at radius 1 is 1.47 bits per heavy atom. The van der Waals surface area contributed by atoms with Crippen LogP contribution in [0.4, 0.5) is 0 Å². The SMILES string of the molecule is NOC1CCCN(C(=O)c2ccccc2Br)C1. The first-order valence-corrected chi connectivity index (χ1v) is 6.41. The first-order chi connectivity index (χ1) is 8.22. The van der Waals surface area contributed by atoms with Gasteiger partial charge in [0.1, 0.15) is 0 Å². The molecule has 1 saturated heterocycles. The zero-order chi connectivity index (χ0) is 12.3. The predicted octanol–water partition coefficient (Wildman–Crippen LogP) is 1.94. The lowest BCUT2D eigenvalue weighted by atomic mass is 10.1. The molecule has 1 aromatic carbocycles. The number of piperidine rings is 1. The van der Waals surface area contributed by atoms with Crippen molar-refractivity contribution in [2.75, 3.05) is 13.1 Å². The summed E-state index contributed by atoms with van der Waals surface area (Å²) in [5.41, 5.74) is 0.685. The van der Waals surface area contributed by atoms with Gasteiger partial charge in [-0.2, -0.15) is 0 Å². The van der Waals surface area contributed by atoms with Crippen LogP contribution >= 0.6 is 15.9 Å². The molecule has 5 heteroatoms. The quantitative estimate of drug-likeness (QED) is 0.849. The Morgan fingerprint density at radius 3 is 2.94 bits per heavy atom. The zero-order valence-corrected chi connectivity index (χ0v) is 11.0. The van der Waals surface area contributed by atoms with Crippen molar-refractivity contribution >= 4 is 21.8 Å². The minimum absolute atomic E-state index is 0.0271. The lowest BCUT2D eigenvalue weighted by Gasteiger charge is -2.31. The molecule has 0 aliphatic carbocycles. The second-order valence-corrected chi connectivity index (χ2v) is 4.99. The summed E-state index contributed by atoms with van der Waals surface area (Å²) in [4.78, 5) is 18.9. The first-order valence-electron chi connectivity index (χ1n) is 5.61. The van der Waals surface area contributed by atoms with Crippen molar-refractivity contribution in [3.63, 3.8) is 0 Å². The Kier molecular flexibility index (Phi) is 4.15. The first kappa shape index (κ1) is 12.5. The smallest absolute Gasteiger partial charge is 0.255 e. The van der Waals surface area contributed by atoms with Gasteiger partial charge in [-0.15, -0.1) is 0 Å². The van der Waals surface area contributed by atoms with Gasteiger partial charge in [0.25, 0.3) is 5.91 Å². The van der Waals surface area contributed by atoms with E-state index in [1.165, 1.54) is 0 Å². The van der Waals surface area contributed by atoms with Crippen molar-refractivity contribution in [1.29, 1.82) is 0 Å². The van der Waals surface area contributed by atoms with Crippen LogP contribution in [0.3, 0.4) is 0 Å². The topological polar surface area (TPSA) is 55.6 Å². The number of hydrogen-bond donors (Lipinski definition) is 1. The van der Waals surface area contributed by atoms with Gasteiger partial charge in [0, 0.05) is 17.6 Å². The third kappa shape index (κ3) is 2.86. The molecule has 1 amide bonds. The Morgan fingerprint density at radius 2 is 2.24 bits per heavy atom. The van der Waals surface area contributed by atoms with E-state index < -0.39 is 0 Å². The highest BCUT2D eigenvalue weighted by Gasteiger charge is 2.25. The second kappa shape index (κ2) is 5.62. The van der Waals surface area contributed by atoms with Gasteiger partial charge >= 0.3 is 0 Å². The summed E-state index contributed by atoms with van der Waals surface area (Å²) >= 11 is 3.39. The number of benzene rings is 1. The molecule has 1 aliphatic rings. The molecule has 0 spiro atoms. The number of carbonyl (C=O) groups excluding carboxylic acids is 1. The van der Waals surface area contributed by atoms with Crippen molar-refractivity contribution in [3.05, 3.63) is 34.3 Å². The molecular formula is C12H15BrN2O2. The molecule has 4 nitrogen and oxygen atoms in total. The molecule has 1 unspecified atom stereocenters. The fourth-order valence-corrected chi connectivity index (χ4v) is 2.49. The molecule has 1 atom stereocenters. The number of halogens is 1. The van der Waals surface area contributed by atoms with Crippen molar-refractivity contribution in [1.82, 2.24) is 4.90 Å².